The van der Waals surface area contributed by atoms with E-state index in [1.54, 1.807) is 30.5 Å². The normalized spacial score (nSPS) is 19.3. The number of hydrogen-bond acceptors (Lipinski definition) is 4. The maximum Gasteiger partial charge on any atom is 0.262 e. The summed E-state index contributed by atoms with van der Waals surface area (Å²) in [5.41, 5.74) is 1.67. The lowest BCUT2D eigenvalue weighted by atomic mass is 9.84. The first-order chi connectivity index (χ1) is 13.5. The lowest BCUT2D eigenvalue weighted by Gasteiger charge is -2.30. The van der Waals surface area contributed by atoms with Gasteiger partial charge in [0.1, 0.15) is 12.4 Å². The number of carbonyl (C=O) groups is 2. The molecule has 1 atom stereocenters. The quantitative estimate of drug-likeness (QED) is 0.767. The highest BCUT2D eigenvalue weighted by Gasteiger charge is 2.35. The summed E-state index contributed by atoms with van der Waals surface area (Å²) in [7, 11) is 1.67. The molecule has 1 aliphatic carbocycles. The Morgan fingerprint density at radius 2 is 2.00 bits per heavy atom. The van der Waals surface area contributed by atoms with Gasteiger partial charge >= 0.3 is 0 Å². The van der Waals surface area contributed by atoms with Gasteiger partial charge in [0.25, 0.3) is 5.91 Å². The summed E-state index contributed by atoms with van der Waals surface area (Å²) in [5.74, 6) is -0.463. The maximum atomic E-state index is 13.4. The Morgan fingerprint density at radius 3 is 2.61 bits per heavy atom. The Labute approximate surface area is 167 Å². The van der Waals surface area contributed by atoms with Crippen molar-refractivity contribution in [2.24, 2.45) is 11.0 Å². The number of likely N-dealkylation sites (N-methyl/N-ethyl adjacent to an activating group) is 1. The fourth-order valence-corrected chi connectivity index (χ4v) is 4.32. The smallest absolute Gasteiger partial charge is 0.262 e. The summed E-state index contributed by atoms with van der Waals surface area (Å²) >= 11 is 1.57. The highest BCUT2D eigenvalue weighted by Crippen LogP contribution is 2.34. The molecule has 4 rings (SSSR count). The van der Waals surface area contributed by atoms with Gasteiger partial charge in [-0.25, -0.2) is 9.40 Å². The molecule has 2 amide bonds. The third-order valence-electron chi connectivity index (χ3n) is 5.43. The van der Waals surface area contributed by atoms with Crippen molar-refractivity contribution in [2.75, 3.05) is 13.6 Å². The molecule has 1 aromatic heterocycles. The summed E-state index contributed by atoms with van der Waals surface area (Å²) in [6, 6.07) is 9.81. The first kappa shape index (κ1) is 18.8. The van der Waals surface area contributed by atoms with Crippen molar-refractivity contribution in [1.82, 2.24) is 9.91 Å². The molecule has 1 aliphatic heterocycles. The van der Waals surface area contributed by atoms with Crippen LogP contribution in [0.15, 0.2) is 46.9 Å². The standard InChI is InChI=1S/C21H22FN3O2S/c1-24(21(27)15-4-2-5-15)13-20(26)25-18(14-7-9-16(22)10-8-14)12-17(23-25)19-6-3-11-28-19/h3,6-11,15,18H,2,4-5,12-13H2,1H3. The van der Waals surface area contributed by atoms with Gasteiger partial charge in [0.05, 0.1) is 16.6 Å². The van der Waals surface area contributed by atoms with Crippen LogP contribution in [-0.2, 0) is 9.59 Å². The minimum absolute atomic E-state index is 0.00571. The molecule has 2 aromatic rings. The molecular weight excluding hydrogens is 377 g/mol. The van der Waals surface area contributed by atoms with Crippen molar-refractivity contribution >= 4 is 28.9 Å². The highest BCUT2D eigenvalue weighted by atomic mass is 32.1. The molecule has 0 spiro atoms. The van der Waals surface area contributed by atoms with Gasteiger partial charge in [-0.15, -0.1) is 11.3 Å². The number of thiophene rings is 1. The molecule has 1 fully saturated rings. The van der Waals surface area contributed by atoms with Crippen molar-refractivity contribution in [3.8, 4) is 0 Å². The number of carbonyl (C=O) groups excluding carboxylic acids is 2. The Hall–Kier alpha value is -2.54. The first-order valence-electron chi connectivity index (χ1n) is 9.47. The van der Waals surface area contributed by atoms with E-state index in [-0.39, 0.29) is 36.1 Å². The van der Waals surface area contributed by atoms with Crippen LogP contribution in [0.4, 0.5) is 4.39 Å². The molecule has 146 valence electrons. The van der Waals surface area contributed by atoms with Gasteiger partial charge in [-0.05, 0) is 42.0 Å². The zero-order valence-electron chi connectivity index (χ0n) is 15.7. The van der Waals surface area contributed by atoms with Crippen LogP contribution in [0.1, 0.15) is 42.2 Å². The zero-order valence-corrected chi connectivity index (χ0v) is 16.5. The molecule has 2 aliphatic rings. The molecule has 1 saturated carbocycles. The maximum absolute atomic E-state index is 13.4. The predicted molar refractivity (Wildman–Crippen MR) is 106 cm³/mol. The molecule has 28 heavy (non-hydrogen) atoms. The van der Waals surface area contributed by atoms with Crippen LogP contribution in [0.2, 0.25) is 0 Å². The highest BCUT2D eigenvalue weighted by molar-refractivity contribution is 7.12. The van der Waals surface area contributed by atoms with E-state index < -0.39 is 0 Å². The zero-order chi connectivity index (χ0) is 19.7. The molecule has 5 nitrogen and oxygen atoms in total. The third-order valence-corrected chi connectivity index (χ3v) is 6.35. The van der Waals surface area contributed by atoms with Crippen molar-refractivity contribution in [3.05, 3.63) is 58.0 Å². The summed E-state index contributed by atoms with van der Waals surface area (Å²) in [6.07, 6.45) is 3.45. The van der Waals surface area contributed by atoms with Gasteiger partial charge < -0.3 is 4.90 Å². The average Bonchev–Trinajstić information content (AvgIpc) is 3.30. The molecule has 0 radical (unpaired) electrons. The van der Waals surface area contributed by atoms with Gasteiger partial charge in [0.2, 0.25) is 5.91 Å². The van der Waals surface area contributed by atoms with Crippen LogP contribution in [0.25, 0.3) is 0 Å². The number of hydrogen-bond donors (Lipinski definition) is 0. The Balaban J connectivity index is 1.55. The average molecular weight is 399 g/mol. The minimum Gasteiger partial charge on any atom is -0.336 e. The van der Waals surface area contributed by atoms with Crippen molar-refractivity contribution in [3.63, 3.8) is 0 Å². The summed E-state index contributed by atoms with van der Waals surface area (Å²) in [4.78, 5) is 27.9. The second-order valence-corrected chi connectivity index (χ2v) is 8.30. The van der Waals surface area contributed by atoms with Crippen LogP contribution in [-0.4, -0.2) is 41.0 Å². The van der Waals surface area contributed by atoms with E-state index in [4.69, 9.17) is 0 Å². The molecule has 0 N–H and O–H groups in total. The van der Waals surface area contributed by atoms with E-state index in [1.165, 1.54) is 22.0 Å². The van der Waals surface area contributed by atoms with E-state index >= 15 is 0 Å². The second-order valence-electron chi connectivity index (χ2n) is 7.36. The van der Waals surface area contributed by atoms with E-state index in [2.05, 4.69) is 5.10 Å². The molecular formula is C21H22FN3O2S. The van der Waals surface area contributed by atoms with Gasteiger partial charge in [0, 0.05) is 19.4 Å². The van der Waals surface area contributed by atoms with E-state index in [1.807, 2.05) is 17.5 Å². The van der Waals surface area contributed by atoms with Crippen molar-refractivity contribution < 1.29 is 14.0 Å². The van der Waals surface area contributed by atoms with Gasteiger partial charge in [-0.2, -0.15) is 5.10 Å². The summed E-state index contributed by atoms with van der Waals surface area (Å²) in [5, 5.41) is 8.02. The van der Waals surface area contributed by atoms with Crippen LogP contribution < -0.4 is 0 Å². The van der Waals surface area contributed by atoms with Crippen LogP contribution in [0.5, 0.6) is 0 Å². The molecule has 2 heterocycles. The SMILES string of the molecule is CN(CC(=O)N1N=C(c2cccs2)CC1c1ccc(F)cc1)C(=O)C1CCC1. The van der Waals surface area contributed by atoms with Gasteiger partial charge in [-0.1, -0.05) is 24.6 Å². The summed E-state index contributed by atoms with van der Waals surface area (Å²) in [6.45, 7) is -0.00571. The molecule has 0 saturated heterocycles. The topological polar surface area (TPSA) is 53.0 Å². The van der Waals surface area contributed by atoms with E-state index in [0.29, 0.717) is 6.42 Å². The lowest BCUT2D eigenvalue weighted by Crippen LogP contribution is -2.42. The number of halogens is 1. The fourth-order valence-electron chi connectivity index (χ4n) is 3.60. The Bertz CT molecular complexity index is 891. The molecule has 0 bridgehead atoms. The van der Waals surface area contributed by atoms with Gasteiger partial charge in [-0.3, -0.25) is 9.59 Å². The summed E-state index contributed by atoms with van der Waals surface area (Å²) < 4.78 is 13.4. The number of rotatable bonds is 5. The molecule has 1 aromatic carbocycles. The number of benzene rings is 1. The van der Waals surface area contributed by atoms with Crippen molar-refractivity contribution in [2.45, 2.75) is 31.7 Å². The largest absolute Gasteiger partial charge is 0.336 e. The third kappa shape index (κ3) is 3.71. The first-order valence-corrected chi connectivity index (χ1v) is 10.3. The minimum atomic E-state index is -0.315. The second kappa shape index (κ2) is 7.83. The van der Waals surface area contributed by atoms with Crippen LogP contribution >= 0.6 is 11.3 Å². The van der Waals surface area contributed by atoms with Crippen LogP contribution in [0, 0.1) is 11.7 Å². The Morgan fingerprint density at radius 1 is 1.25 bits per heavy atom. The Kier molecular flexibility index (Phi) is 5.26. The molecule has 1 unspecified atom stereocenters. The fraction of sp³-hybridized carbons (Fsp3) is 0.381. The number of amides is 2. The monoisotopic (exact) mass is 399 g/mol. The van der Waals surface area contributed by atoms with E-state index in [0.717, 1.165) is 35.4 Å². The number of hydrazone groups is 1. The van der Waals surface area contributed by atoms with Crippen molar-refractivity contribution in [1.29, 1.82) is 0 Å². The van der Waals surface area contributed by atoms with Crippen LogP contribution in [0.3, 0.4) is 0 Å². The predicted octanol–water partition coefficient (Wildman–Crippen LogP) is 3.82. The molecule has 7 heteroatoms. The number of nitrogens with zero attached hydrogens (tertiary/aromatic N) is 3. The van der Waals surface area contributed by atoms with Gasteiger partial charge in [0.15, 0.2) is 0 Å². The van der Waals surface area contributed by atoms with E-state index in [9.17, 15) is 14.0 Å². The lowest BCUT2D eigenvalue weighted by molar-refractivity contribution is -0.144.